The Morgan fingerprint density at radius 2 is 0.966 bits per heavy atom. The Kier molecular flexibility index (Phi) is 18.5. The molecule has 0 aliphatic rings. The predicted molar refractivity (Wildman–Crippen MR) is 220 cm³/mol. The molecule has 4 atom stereocenters. The number of benzene rings is 4. The highest BCUT2D eigenvalue weighted by atomic mass is 35.5. The van der Waals surface area contributed by atoms with E-state index in [1.54, 1.807) is 97.1 Å². The summed E-state index contributed by atoms with van der Waals surface area (Å²) in [6.45, 7) is 4.90. The number of hydrogen-bond donors (Lipinski definition) is 2. The van der Waals surface area contributed by atoms with Crippen molar-refractivity contribution in [1.29, 1.82) is 0 Å². The first-order valence-electron chi connectivity index (χ1n) is 18.5. The van der Waals surface area contributed by atoms with Crippen molar-refractivity contribution in [1.82, 2.24) is 10.6 Å². The van der Waals surface area contributed by atoms with Crippen LogP contribution in [-0.2, 0) is 51.0 Å². The maximum atomic E-state index is 13.1. The third kappa shape index (κ3) is 16.2. The Labute approximate surface area is 348 Å². The van der Waals surface area contributed by atoms with Gasteiger partial charge in [0, 0.05) is 47.4 Å². The predicted octanol–water partition coefficient (Wildman–Crippen LogP) is 6.96. The monoisotopic (exact) mass is 834 g/mol. The normalized spacial score (nSPS) is 13.1. The molecule has 0 aliphatic carbocycles. The Balaban J connectivity index is 1.31. The van der Waals surface area contributed by atoms with Gasteiger partial charge in [-0.2, -0.15) is 0 Å². The SMILES string of the molecule is COC(=O)Cc1ccc(OCC(C)NCC(OC(=O)/C=C/C(=O)OC(CNC(C)COc2ccc(CC(=O)OC)cc2)c2cccc(Cl)c2)c2cccc(Cl)c2)cc1. The molecule has 0 fully saturated rings. The van der Waals surface area contributed by atoms with E-state index in [0.29, 0.717) is 45.9 Å². The molecule has 0 saturated carbocycles. The Morgan fingerprint density at radius 3 is 1.31 bits per heavy atom. The van der Waals surface area contributed by atoms with Gasteiger partial charge in [-0.15, -0.1) is 0 Å². The standard InChI is InChI=1S/C44H48Cl2N2O10/c1-29(27-55-37-15-11-31(12-16-37)21-43(51)53-3)47-25-39(33-7-5-9-35(45)23-33)57-41(49)19-20-42(50)58-40(34-8-6-10-36(46)24-34)26-48-30(2)28-56-38-17-13-32(14-18-38)22-44(52)54-4/h5-20,23-24,29-30,39-40,47-48H,21-22,25-28H2,1-4H3/b20-19+. The van der Waals surface area contributed by atoms with E-state index in [1.165, 1.54) is 14.2 Å². The smallest absolute Gasteiger partial charge is 0.331 e. The molecule has 4 aromatic rings. The summed E-state index contributed by atoms with van der Waals surface area (Å²) in [5, 5.41) is 7.58. The highest BCUT2D eigenvalue weighted by Crippen LogP contribution is 2.23. The second-order valence-corrected chi connectivity index (χ2v) is 14.2. The van der Waals surface area contributed by atoms with Crippen LogP contribution in [-0.4, -0.2) is 76.5 Å². The third-order valence-electron chi connectivity index (χ3n) is 8.62. The molecule has 12 nitrogen and oxygen atoms in total. The number of halogens is 2. The second kappa shape index (κ2) is 23.7. The van der Waals surface area contributed by atoms with Crippen LogP contribution in [0, 0.1) is 0 Å². The number of methoxy groups -OCH3 is 2. The van der Waals surface area contributed by atoms with Crippen molar-refractivity contribution in [2.24, 2.45) is 0 Å². The van der Waals surface area contributed by atoms with Crippen LogP contribution in [0.25, 0.3) is 0 Å². The van der Waals surface area contributed by atoms with Gasteiger partial charge in [0.15, 0.2) is 0 Å². The Morgan fingerprint density at radius 1 is 0.586 bits per heavy atom. The lowest BCUT2D eigenvalue weighted by molar-refractivity contribution is -0.146. The molecule has 0 radical (unpaired) electrons. The zero-order valence-corrected chi connectivity index (χ0v) is 34.3. The number of ether oxygens (including phenoxy) is 6. The molecule has 58 heavy (non-hydrogen) atoms. The Hall–Kier alpha value is -5.40. The Bertz CT molecular complexity index is 1830. The fourth-order valence-corrected chi connectivity index (χ4v) is 5.82. The molecule has 14 heteroatoms. The second-order valence-electron chi connectivity index (χ2n) is 13.3. The minimum atomic E-state index is -0.763. The molecule has 4 unspecified atom stereocenters. The summed E-state index contributed by atoms with van der Waals surface area (Å²) in [4.78, 5) is 49.2. The highest BCUT2D eigenvalue weighted by Gasteiger charge is 2.20. The van der Waals surface area contributed by atoms with Crippen LogP contribution in [0.5, 0.6) is 11.5 Å². The molecule has 4 rings (SSSR count). The number of hydrogen-bond acceptors (Lipinski definition) is 12. The lowest BCUT2D eigenvalue weighted by Crippen LogP contribution is -2.36. The zero-order chi connectivity index (χ0) is 41.9. The number of nitrogens with one attached hydrogen (secondary N) is 2. The number of esters is 4. The molecular formula is C44H48Cl2N2O10. The average molecular weight is 836 g/mol. The van der Waals surface area contributed by atoms with Gasteiger partial charge in [-0.3, -0.25) is 9.59 Å². The number of carbonyl (C=O) groups excluding carboxylic acids is 4. The number of carbonyl (C=O) groups is 4. The molecule has 0 aromatic heterocycles. The summed E-state index contributed by atoms with van der Waals surface area (Å²) in [5.41, 5.74) is 2.92. The van der Waals surface area contributed by atoms with Crippen molar-refractivity contribution in [3.63, 3.8) is 0 Å². The number of rotatable bonds is 22. The van der Waals surface area contributed by atoms with Gasteiger partial charge in [-0.25, -0.2) is 9.59 Å². The van der Waals surface area contributed by atoms with Crippen molar-refractivity contribution in [3.8, 4) is 11.5 Å². The largest absolute Gasteiger partial charge is 0.492 e. The molecule has 0 spiro atoms. The lowest BCUT2D eigenvalue weighted by Gasteiger charge is -2.22. The minimum Gasteiger partial charge on any atom is -0.492 e. The fraction of sp³-hybridized carbons (Fsp3) is 0.318. The summed E-state index contributed by atoms with van der Waals surface area (Å²) < 4.78 is 32.8. The molecule has 308 valence electrons. The first-order chi connectivity index (χ1) is 27.9. The van der Waals surface area contributed by atoms with Crippen LogP contribution >= 0.6 is 23.2 Å². The first kappa shape index (κ1) is 45.3. The molecule has 2 N–H and O–H groups in total. The molecule has 0 saturated heterocycles. The highest BCUT2D eigenvalue weighted by molar-refractivity contribution is 6.30. The zero-order valence-electron chi connectivity index (χ0n) is 32.8. The van der Waals surface area contributed by atoms with Crippen molar-refractivity contribution in [2.75, 3.05) is 40.5 Å². The van der Waals surface area contributed by atoms with Crippen LogP contribution in [0.4, 0.5) is 0 Å². The molecule has 0 amide bonds. The van der Waals surface area contributed by atoms with E-state index >= 15 is 0 Å². The van der Waals surface area contributed by atoms with E-state index < -0.39 is 24.1 Å². The van der Waals surface area contributed by atoms with Crippen LogP contribution in [0.15, 0.2) is 109 Å². The van der Waals surface area contributed by atoms with Crippen molar-refractivity contribution >= 4 is 47.1 Å². The summed E-state index contributed by atoms with van der Waals surface area (Å²) in [6.07, 6.45) is 0.879. The van der Waals surface area contributed by atoms with Crippen LogP contribution < -0.4 is 20.1 Å². The van der Waals surface area contributed by atoms with Gasteiger partial charge in [-0.1, -0.05) is 71.7 Å². The molecule has 4 aromatic carbocycles. The van der Waals surface area contributed by atoms with E-state index in [0.717, 1.165) is 23.3 Å². The van der Waals surface area contributed by atoms with E-state index in [2.05, 4.69) is 10.6 Å². The summed E-state index contributed by atoms with van der Waals surface area (Å²) >= 11 is 12.5. The van der Waals surface area contributed by atoms with E-state index in [9.17, 15) is 19.2 Å². The summed E-state index contributed by atoms with van der Waals surface area (Å²) in [6, 6.07) is 27.9. The van der Waals surface area contributed by atoms with Gasteiger partial charge in [0.25, 0.3) is 0 Å². The molecule has 0 heterocycles. The van der Waals surface area contributed by atoms with Gasteiger partial charge in [0.05, 0.1) is 27.1 Å². The van der Waals surface area contributed by atoms with E-state index in [1.807, 2.05) is 13.8 Å². The molecular weight excluding hydrogens is 787 g/mol. The molecule has 0 aliphatic heterocycles. The average Bonchev–Trinajstić information content (AvgIpc) is 3.22. The van der Waals surface area contributed by atoms with Crippen LogP contribution in [0.1, 0.15) is 48.3 Å². The van der Waals surface area contributed by atoms with Crippen LogP contribution in [0.3, 0.4) is 0 Å². The maximum Gasteiger partial charge on any atom is 0.331 e. The van der Waals surface area contributed by atoms with Crippen molar-refractivity contribution < 1.29 is 47.6 Å². The minimum absolute atomic E-state index is 0.155. The maximum absolute atomic E-state index is 13.1. The van der Waals surface area contributed by atoms with E-state index in [4.69, 9.17) is 51.6 Å². The quantitative estimate of drug-likeness (QED) is 0.0479. The third-order valence-corrected chi connectivity index (χ3v) is 9.09. The van der Waals surface area contributed by atoms with Crippen LogP contribution in [0.2, 0.25) is 10.0 Å². The van der Waals surface area contributed by atoms with Gasteiger partial charge >= 0.3 is 23.9 Å². The van der Waals surface area contributed by atoms with Gasteiger partial charge in [0.1, 0.15) is 36.9 Å². The van der Waals surface area contributed by atoms with E-state index in [-0.39, 0.29) is 50.0 Å². The first-order valence-corrected chi connectivity index (χ1v) is 19.3. The molecule has 0 bridgehead atoms. The van der Waals surface area contributed by atoms with Gasteiger partial charge < -0.3 is 39.1 Å². The lowest BCUT2D eigenvalue weighted by atomic mass is 10.1. The van der Waals surface area contributed by atoms with Gasteiger partial charge in [-0.05, 0) is 84.6 Å². The van der Waals surface area contributed by atoms with Crippen molar-refractivity contribution in [2.45, 2.75) is 51.0 Å². The fourth-order valence-electron chi connectivity index (χ4n) is 5.43. The summed E-state index contributed by atoms with van der Waals surface area (Å²) in [5.74, 6) is -0.910. The summed E-state index contributed by atoms with van der Waals surface area (Å²) in [7, 11) is 2.69. The van der Waals surface area contributed by atoms with Crippen molar-refractivity contribution in [3.05, 3.63) is 142 Å². The topological polar surface area (TPSA) is 148 Å². The van der Waals surface area contributed by atoms with Gasteiger partial charge in [0.2, 0.25) is 0 Å².